The highest BCUT2D eigenvalue weighted by Gasteiger charge is 2.17. The number of nitrogens with one attached hydrogen (secondary N) is 3. The van der Waals surface area contributed by atoms with E-state index >= 15 is 0 Å². The van der Waals surface area contributed by atoms with Gasteiger partial charge < -0.3 is 20.4 Å². The van der Waals surface area contributed by atoms with Crippen molar-refractivity contribution in [3.05, 3.63) is 47.6 Å². The van der Waals surface area contributed by atoms with Crippen LogP contribution in [0.25, 0.3) is 21.9 Å². The Bertz CT molecular complexity index is 1190. The molecule has 0 aliphatic heterocycles. The van der Waals surface area contributed by atoms with Crippen LogP contribution in [0, 0.1) is 0 Å². The van der Waals surface area contributed by atoms with Gasteiger partial charge >= 0.3 is 0 Å². The molecule has 29 heavy (non-hydrogen) atoms. The largest absolute Gasteiger partial charge is 0.467 e. The van der Waals surface area contributed by atoms with Gasteiger partial charge in [-0.3, -0.25) is 4.79 Å². The van der Waals surface area contributed by atoms with E-state index in [1.807, 2.05) is 25.1 Å². The number of anilines is 1. The Morgan fingerprint density at radius 3 is 3.00 bits per heavy atom. The summed E-state index contributed by atoms with van der Waals surface area (Å²) < 4.78 is 5.67. The standard InChI is InChI=1S/C19H18ClN7O2/c1-10(26-18-16-17(23-8-22-16)24-9-25-18)13-6-11-4-3-5-12(20)15(11)19(27-13)29-7-14(28)21-2/h3-6,8-10H,7H2,1-2H3,(H,21,28)(H2,22,23,24,25,26). The van der Waals surface area contributed by atoms with Gasteiger partial charge in [0.1, 0.15) is 11.8 Å². The number of amides is 1. The van der Waals surface area contributed by atoms with Crippen LogP contribution in [0.1, 0.15) is 18.7 Å². The number of pyridine rings is 1. The van der Waals surface area contributed by atoms with Crippen molar-refractivity contribution in [1.29, 1.82) is 0 Å². The van der Waals surface area contributed by atoms with E-state index in [4.69, 9.17) is 16.3 Å². The quantitative estimate of drug-likeness (QED) is 0.446. The number of hydrogen-bond donors (Lipinski definition) is 3. The van der Waals surface area contributed by atoms with Gasteiger partial charge in [-0.25, -0.2) is 19.9 Å². The van der Waals surface area contributed by atoms with Crippen molar-refractivity contribution in [2.75, 3.05) is 19.0 Å². The highest BCUT2D eigenvalue weighted by atomic mass is 35.5. The minimum absolute atomic E-state index is 0.157. The lowest BCUT2D eigenvalue weighted by Gasteiger charge is -2.17. The summed E-state index contributed by atoms with van der Waals surface area (Å²) in [5, 5.41) is 7.86. The molecule has 148 valence electrons. The van der Waals surface area contributed by atoms with E-state index in [0.29, 0.717) is 39.0 Å². The smallest absolute Gasteiger partial charge is 0.257 e. The van der Waals surface area contributed by atoms with Gasteiger partial charge in [0.15, 0.2) is 18.1 Å². The molecule has 3 N–H and O–H groups in total. The highest BCUT2D eigenvalue weighted by Crippen LogP contribution is 2.33. The number of likely N-dealkylation sites (N-methyl/N-ethyl adjacent to an activating group) is 1. The van der Waals surface area contributed by atoms with E-state index in [2.05, 4.69) is 35.6 Å². The Morgan fingerprint density at radius 2 is 2.17 bits per heavy atom. The van der Waals surface area contributed by atoms with Crippen molar-refractivity contribution in [3.63, 3.8) is 0 Å². The third kappa shape index (κ3) is 3.77. The maximum atomic E-state index is 11.6. The first kappa shape index (κ1) is 18.9. The fraction of sp³-hybridized carbons (Fsp3) is 0.211. The second-order valence-corrected chi connectivity index (χ2v) is 6.75. The predicted octanol–water partition coefficient (Wildman–Crippen LogP) is 2.85. The molecule has 4 rings (SSSR count). The molecular formula is C19H18ClN7O2. The van der Waals surface area contributed by atoms with E-state index in [1.54, 1.807) is 19.4 Å². The van der Waals surface area contributed by atoms with Gasteiger partial charge in [-0.1, -0.05) is 23.7 Å². The fourth-order valence-electron chi connectivity index (χ4n) is 2.94. The topological polar surface area (TPSA) is 118 Å². The van der Waals surface area contributed by atoms with Gasteiger partial charge in [0.05, 0.1) is 28.5 Å². The third-order valence-corrected chi connectivity index (χ3v) is 4.75. The molecule has 0 radical (unpaired) electrons. The number of rotatable bonds is 6. The molecule has 0 aliphatic rings. The zero-order chi connectivity index (χ0) is 20.4. The van der Waals surface area contributed by atoms with Crippen LogP contribution in [0.5, 0.6) is 5.88 Å². The van der Waals surface area contributed by atoms with Crippen LogP contribution < -0.4 is 15.4 Å². The monoisotopic (exact) mass is 411 g/mol. The summed E-state index contributed by atoms with van der Waals surface area (Å²) in [6.45, 7) is 1.79. The Balaban J connectivity index is 1.71. The number of fused-ring (bicyclic) bond motifs is 2. The number of imidazole rings is 1. The van der Waals surface area contributed by atoms with Gasteiger partial charge in [-0.2, -0.15) is 0 Å². The highest BCUT2D eigenvalue weighted by molar-refractivity contribution is 6.36. The zero-order valence-corrected chi connectivity index (χ0v) is 16.5. The number of H-pyrrole nitrogens is 1. The summed E-state index contributed by atoms with van der Waals surface area (Å²) in [7, 11) is 1.55. The van der Waals surface area contributed by atoms with Gasteiger partial charge in [-0.15, -0.1) is 0 Å². The first-order valence-corrected chi connectivity index (χ1v) is 9.27. The number of aromatic amines is 1. The average Bonchev–Trinajstić information content (AvgIpc) is 3.21. The molecular weight excluding hydrogens is 394 g/mol. The second-order valence-electron chi connectivity index (χ2n) is 6.34. The molecule has 3 heterocycles. The van der Waals surface area contributed by atoms with Crippen molar-refractivity contribution in [3.8, 4) is 5.88 Å². The molecule has 1 unspecified atom stereocenters. The molecule has 3 aromatic heterocycles. The summed E-state index contributed by atoms with van der Waals surface area (Å²) in [4.78, 5) is 31.8. The number of aromatic nitrogens is 5. The van der Waals surface area contributed by atoms with Crippen molar-refractivity contribution < 1.29 is 9.53 Å². The molecule has 0 fully saturated rings. The molecule has 9 nitrogen and oxygen atoms in total. The second kappa shape index (κ2) is 7.88. The Labute approximate surface area is 170 Å². The molecule has 0 aliphatic carbocycles. The summed E-state index contributed by atoms with van der Waals surface area (Å²) in [5.41, 5.74) is 1.99. The number of hydrogen-bond acceptors (Lipinski definition) is 7. The van der Waals surface area contributed by atoms with Crippen molar-refractivity contribution >= 4 is 45.3 Å². The molecule has 10 heteroatoms. The summed E-state index contributed by atoms with van der Waals surface area (Å²) in [6.07, 6.45) is 3.01. The Morgan fingerprint density at radius 1 is 1.31 bits per heavy atom. The van der Waals surface area contributed by atoms with Crippen molar-refractivity contribution in [2.45, 2.75) is 13.0 Å². The van der Waals surface area contributed by atoms with Crippen LogP contribution in [-0.2, 0) is 4.79 Å². The maximum absolute atomic E-state index is 11.6. The number of carbonyl (C=O) groups excluding carboxylic acids is 1. The lowest BCUT2D eigenvalue weighted by Crippen LogP contribution is -2.25. The van der Waals surface area contributed by atoms with Crippen LogP contribution in [0.3, 0.4) is 0 Å². The van der Waals surface area contributed by atoms with E-state index in [1.165, 1.54) is 6.33 Å². The number of ether oxygens (including phenoxy) is 1. The average molecular weight is 412 g/mol. The van der Waals surface area contributed by atoms with Crippen molar-refractivity contribution in [2.24, 2.45) is 0 Å². The predicted molar refractivity (Wildman–Crippen MR) is 110 cm³/mol. The van der Waals surface area contributed by atoms with Crippen LogP contribution in [0.15, 0.2) is 36.9 Å². The lowest BCUT2D eigenvalue weighted by atomic mass is 10.1. The first-order valence-electron chi connectivity index (χ1n) is 8.90. The number of halogens is 1. The molecule has 1 atom stereocenters. The van der Waals surface area contributed by atoms with E-state index in [9.17, 15) is 4.79 Å². The SMILES string of the molecule is CNC(=O)COc1nc(C(C)Nc2ncnc3nc[nH]c23)cc2cccc(Cl)c12. The van der Waals surface area contributed by atoms with Gasteiger partial charge in [0, 0.05) is 7.05 Å². The number of benzene rings is 1. The van der Waals surface area contributed by atoms with Crippen molar-refractivity contribution in [1.82, 2.24) is 30.2 Å². The minimum Gasteiger partial charge on any atom is -0.467 e. The Kier molecular flexibility index (Phi) is 5.13. The van der Waals surface area contributed by atoms with E-state index < -0.39 is 0 Å². The Hall–Kier alpha value is -3.46. The molecule has 0 saturated heterocycles. The number of carbonyl (C=O) groups is 1. The van der Waals surface area contributed by atoms with Crippen LogP contribution >= 0.6 is 11.6 Å². The number of nitrogens with zero attached hydrogens (tertiary/aromatic N) is 4. The maximum Gasteiger partial charge on any atom is 0.257 e. The van der Waals surface area contributed by atoms with Gasteiger partial charge in [-0.05, 0) is 24.4 Å². The van der Waals surface area contributed by atoms with E-state index in [0.717, 1.165) is 5.39 Å². The molecule has 1 amide bonds. The molecule has 0 saturated carbocycles. The first-order chi connectivity index (χ1) is 14.1. The van der Waals surface area contributed by atoms with Gasteiger partial charge in [0.25, 0.3) is 5.91 Å². The van der Waals surface area contributed by atoms with Crippen LogP contribution in [0.4, 0.5) is 5.82 Å². The van der Waals surface area contributed by atoms with Gasteiger partial charge in [0.2, 0.25) is 5.88 Å². The van der Waals surface area contributed by atoms with Crippen LogP contribution in [0.2, 0.25) is 5.02 Å². The molecule has 0 spiro atoms. The summed E-state index contributed by atoms with van der Waals surface area (Å²) in [5.74, 6) is 0.654. The lowest BCUT2D eigenvalue weighted by molar-refractivity contribution is -0.122. The third-order valence-electron chi connectivity index (χ3n) is 4.43. The van der Waals surface area contributed by atoms with Crippen LogP contribution in [-0.4, -0.2) is 44.5 Å². The molecule has 4 aromatic rings. The summed E-state index contributed by atoms with van der Waals surface area (Å²) in [6, 6.07) is 7.24. The summed E-state index contributed by atoms with van der Waals surface area (Å²) >= 11 is 6.36. The normalized spacial score (nSPS) is 12.1. The fourth-order valence-corrected chi connectivity index (χ4v) is 3.20. The minimum atomic E-state index is -0.258. The molecule has 0 bridgehead atoms. The van der Waals surface area contributed by atoms with E-state index in [-0.39, 0.29) is 18.6 Å². The zero-order valence-electron chi connectivity index (χ0n) is 15.7. The molecule has 1 aromatic carbocycles.